The van der Waals surface area contributed by atoms with E-state index in [9.17, 15) is 10.1 Å². The van der Waals surface area contributed by atoms with Crippen molar-refractivity contribution in [2.45, 2.75) is 39.2 Å². The van der Waals surface area contributed by atoms with Crippen molar-refractivity contribution in [2.24, 2.45) is 0 Å². The molecule has 17 heavy (non-hydrogen) atoms. The predicted octanol–water partition coefficient (Wildman–Crippen LogP) is 3.17. The summed E-state index contributed by atoms with van der Waals surface area (Å²) in [7, 11) is 0. The molecule has 5 heteroatoms. The van der Waals surface area contributed by atoms with Crippen LogP contribution in [0.3, 0.4) is 0 Å². The van der Waals surface area contributed by atoms with Crippen LogP contribution in [0.25, 0.3) is 0 Å². The lowest BCUT2D eigenvalue weighted by Gasteiger charge is -2.16. The number of nitrogens with one attached hydrogen (secondary N) is 1. The average Bonchev–Trinajstić information content (AvgIpc) is 2.28. The number of nitro benzene ring substituents is 1. The first kappa shape index (κ1) is 13.3. The third-order valence-corrected chi connectivity index (χ3v) is 2.64. The van der Waals surface area contributed by atoms with E-state index < -0.39 is 4.92 Å². The van der Waals surface area contributed by atoms with Gasteiger partial charge in [0, 0.05) is 18.2 Å². The van der Waals surface area contributed by atoms with E-state index in [1.54, 1.807) is 6.07 Å². The first-order valence-corrected chi connectivity index (χ1v) is 5.85. The van der Waals surface area contributed by atoms with Gasteiger partial charge in [-0.25, -0.2) is 0 Å². The Bertz CT molecular complexity index is 393. The fraction of sp³-hybridized carbons (Fsp3) is 0.500. The molecule has 0 spiro atoms. The molecular weight excluding hydrogens is 218 g/mol. The highest BCUT2D eigenvalue weighted by Crippen LogP contribution is 2.25. The summed E-state index contributed by atoms with van der Waals surface area (Å²) in [5.41, 5.74) is 6.97. The summed E-state index contributed by atoms with van der Waals surface area (Å²) < 4.78 is 0. The minimum atomic E-state index is -0.444. The number of nitro groups is 1. The summed E-state index contributed by atoms with van der Waals surface area (Å²) in [6.45, 7) is 4.23. The molecule has 0 fully saturated rings. The van der Waals surface area contributed by atoms with Crippen LogP contribution in [0.15, 0.2) is 18.2 Å². The molecule has 0 aliphatic heterocycles. The first-order valence-electron chi connectivity index (χ1n) is 5.85. The van der Waals surface area contributed by atoms with E-state index in [4.69, 9.17) is 5.73 Å². The van der Waals surface area contributed by atoms with Crippen LogP contribution < -0.4 is 11.1 Å². The number of hydrogen-bond donors (Lipinski definition) is 2. The molecule has 1 aromatic carbocycles. The van der Waals surface area contributed by atoms with Gasteiger partial charge in [-0.3, -0.25) is 10.1 Å². The monoisotopic (exact) mass is 237 g/mol. The number of nitrogens with zero attached hydrogens (tertiary/aromatic N) is 1. The Balaban J connectivity index is 2.69. The van der Waals surface area contributed by atoms with E-state index in [0.29, 0.717) is 11.7 Å². The van der Waals surface area contributed by atoms with Crippen molar-refractivity contribution in [1.82, 2.24) is 0 Å². The highest BCUT2D eigenvalue weighted by molar-refractivity contribution is 5.69. The SMILES string of the molecule is CCCCC(C)Nc1ccc([N+](=O)[O-])cc1N. The molecule has 0 aromatic heterocycles. The molecule has 0 aliphatic rings. The Morgan fingerprint density at radius 3 is 2.76 bits per heavy atom. The molecule has 0 radical (unpaired) electrons. The molecule has 0 aliphatic carbocycles. The number of nitrogens with two attached hydrogens (primary N) is 1. The van der Waals surface area contributed by atoms with Crippen LogP contribution in [0.2, 0.25) is 0 Å². The maximum absolute atomic E-state index is 10.6. The van der Waals surface area contributed by atoms with E-state index in [1.807, 2.05) is 0 Å². The molecule has 1 atom stereocenters. The van der Waals surface area contributed by atoms with Crippen LogP contribution in [0.5, 0.6) is 0 Å². The number of nitrogen functional groups attached to an aromatic ring is 1. The zero-order chi connectivity index (χ0) is 12.8. The fourth-order valence-corrected chi connectivity index (χ4v) is 1.64. The van der Waals surface area contributed by atoms with Crippen molar-refractivity contribution in [1.29, 1.82) is 0 Å². The minimum absolute atomic E-state index is 0.0225. The van der Waals surface area contributed by atoms with Crippen molar-refractivity contribution in [3.05, 3.63) is 28.3 Å². The van der Waals surface area contributed by atoms with Gasteiger partial charge in [0.1, 0.15) is 0 Å². The van der Waals surface area contributed by atoms with E-state index in [1.165, 1.54) is 12.1 Å². The quantitative estimate of drug-likeness (QED) is 0.452. The van der Waals surface area contributed by atoms with E-state index in [2.05, 4.69) is 19.2 Å². The molecule has 94 valence electrons. The lowest BCUT2D eigenvalue weighted by molar-refractivity contribution is -0.384. The van der Waals surface area contributed by atoms with Crippen molar-refractivity contribution >= 4 is 17.1 Å². The van der Waals surface area contributed by atoms with Crippen molar-refractivity contribution in [3.8, 4) is 0 Å². The predicted molar refractivity (Wildman–Crippen MR) is 70.1 cm³/mol. The van der Waals surface area contributed by atoms with Gasteiger partial charge in [-0.2, -0.15) is 0 Å². The number of rotatable bonds is 6. The van der Waals surface area contributed by atoms with Gasteiger partial charge in [-0.1, -0.05) is 19.8 Å². The Kier molecular flexibility index (Phi) is 4.75. The first-order chi connectivity index (χ1) is 8.04. The van der Waals surface area contributed by atoms with Gasteiger partial charge in [0.25, 0.3) is 5.69 Å². The molecular formula is C12H19N3O2. The van der Waals surface area contributed by atoms with Gasteiger partial charge in [0.2, 0.25) is 0 Å². The topological polar surface area (TPSA) is 81.2 Å². The van der Waals surface area contributed by atoms with E-state index in [-0.39, 0.29) is 5.69 Å². The molecule has 1 aromatic rings. The summed E-state index contributed by atoms with van der Waals surface area (Å²) in [6, 6.07) is 4.83. The highest BCUT2D eigenvalue weighted by atomic mass is 16.6. The van der Waals surface area contributed by atoms with Crippen LogP contribution in [0, 0.1) is 10.1 Å². The summed E-state index contributed by atoms with van der Waals surface area (Å²) in [4.78, 5) is 10.1. The maximum Gasteiger partial charge on any atom is 0.271 e. The Hall–Kier alpha value is -1.78. The number of benzene rings is 1. The maximum atomic E-state index is 10.6. The summed E-state index contributed by atoms with van der Waals surface area (Å²) in [5, 5.41) is 13.8. The molecule has 0 heterocycles. The molecule has 0 saturated heterocycles. The van der Waals surface area contributed by atoms with Crippen molar-refractivity contribution < 1.29 is 4.92 Å². The lowest BCUT2D eigenvalue weighted by atomic mass is 10.1. The number of unbranched alkanes of at least 4 members (excludes halogenated alkanes) is 1. The Morgan fingerprint density at radius 2 is 2.24 bits per heavy atom. The van der Waals surface area contributed by atoms with Crippen LogP contribution in [0.4, 0.5) is 17.1 Å². The third-order valence-electron chi connectivity index (χ3n) is 2.64. The smallest absolute Gasteiger partial charge is 0.271 e. The highest BCUT2D eigenvalue weighted by Gasteiger charge is 2.10. The number of anilines is 2. The molecule has 5 nitrogen and oxygen atoms in total. The van der Waals surface area contributed by atoms with Gasteiger partial charge in [0.05, 0.1) is 16.3 Å². The fourth-order valence-electron chi connectivity index (χ4n) is 1.64. The molecule has 0 amide bonds. The zero-order valence-corrected chi connectivity index (χ0v) is 10.3. The van der Waals surface area contributed by atoms with Crippen LogP contribution in [-0.4, -0.2) is 11.0 Å². The molecule has 1 unspecified atom stereocenters. The molecule has 0 bridgehead atoms. The standard InChI is InChI=1S/C12H19N3O2/c1-3-4-5-9(2)14-12-7-6-10(15(16)17)8-11(12)13/h6-9,14H,3-5,13H2,1-2H3. The van der Waals surface area contributed by atoms with Gasteiger partial charge in [0.15, 0.2) is 0 Å². The summed E-state index contributed by atoms with van der Waals surface area (Å²) in [5.74, 6) is 0. The Labute approximate surface area is 101 Å². The second-order valence-electron chi connectivity index (χ2n) is 4.22. The zero-order valence-electron chi connectivity index (χ0n) is 10.3. The van der Waals surface area contributed by atoms with Crippen LogP contribution in [-0.2, 0) is 0 Å². The normalized spacial score (nSPS) is 12.1. The number of hydrogen-bond acceptors (Lipinski definition) is 4. The van der Waals surface area contributed by atoms with Gasteiger partial charge in [-0.05, 0) is 19.4 Å². The lowest BCUT2D eigenvalue weighted by Crippen LogP contribution is -2.15. The van der Waals surface area contributed by atoms with E-state index in [0.717, 1.165) is 24.9 Å². The van der Waals surface area contributed by atoms with Crippen molar-refractivity contribution in [2.75, 3.05) is 11.1 Å². The summed E-state index contributed by atoms with van der Waals surface area (Å²) in [6.07, 6.45) is 3.37. The largest absolute Gasteiger partial charge is 0.397 e. The molecule has 3 N–H and O–H groups in total. The van der Waals surface area contributed by atoms with Crippen molar-refractivity contribution in [3.63, 3.8) is 0 Å². The number of non-ortho nitro benzene ring substituents is 1. The molecule has 0 saturated carbocycles. The van der Waals surface area contributed by atoms with Crippen LogP contribution >= 0.6 is 0 Å². The van der Waals surface area contributed by atoms with Gasteiger partial charge in [-0.15, -0.1) is 0 Å². The summed E-state index contributed by atoms with van der Waals surface area (Å²) >= 11 is 0. The van der Waals surface area contributed by atoms with E-state index >= 15 is 0 Å². The van der Waals surface area contributed by atoms with Gasteiger partial charge < -0.3 is 11.1 Å². The second-order valence-corrected chi connectivity index (χ2v) is 4.22. The molecule has 1 rings (SSSR count). The second kappa shape index (κ2) is 6.08. The third kappa shape index (κ3) is 3.94. The van der Waals surface area contributed by atoms with Gasteiger partial charge >= 0.3 is 0 Å². The Morgan fingerprint density at radius 1 is 1.53 bits per heavy atom. The van der Waals surface area contributed by atoms with Crippen LogP contribution in [0.1, 0.15) is 33.1 Å². The minimum Gasteiger partial charge on any atom is -0.397 e. The average molecular weight is 237 g/mol.